The van der Waals surface area contributed by atoms with Crippen LogP contribution in [-0.4, -0.2) is 0 Å². The largest absolute Gasteiger partial charge is 0.309 e. The van der Waals surface area contributed by atoms with Gasteiger partial charge in [0.2, 0.25) is 0 Å². The van der Waals surface area contributed by atoms with Crippen LogP contribution in [0, 0.1) is 0 Å². The second-order valence-corrected chi connectivity index (χ2v) is 15.6. The van der Waals surface area contributed by atoms with E-state index in [0.29, 0.717) is 0 Å². The number of fused-ring (bicyclic) bond motifs is 6. The Bertz CT molecular complexity index is 3240. The molecule has 0 bridgehead atoms. The summed E-state index contributed by atoms with van der Waals surface area (Å²) in [5, 5.41) is 10.0. The van der Waals surface area contributed by atoms with Crippen LogP contribution in [0.25, 0.3) is 85.9 Å². The molecular weight excluding hydrogens is 695 g/mol. The highest BCUT2D eigenvalue weighted by atomic mass is 32.1. The van der Waals surface area contributed by atoms with Crippen LogP contribution < -0.4 is 4.90 Å². The first-order chi connectivity index (χ1) is 27.7. The van der Waals surface area contributed by atoms with Crippen LogP contribution in [-0.2, 0) is 0 Å². The van der Waals surface area contributed by atoms with Crippen molar-refractivity contribution in [3.8, 4) is 33.4 Å². The lowest BCUT2D eigenvalue weighted by Crippen LogP contribution is -2.10. The number of benzene rings is 10. The van der Waals surface area contributed by atoms with Crippen molar-refractivity contribution in [2.75, 3.05) is 4.90 Å². The quantitative estimate of drug-likeness (QED) is 0.165. The summed E-state index contributed by atoms with van der Waals surface area (Å²) < 4.78 is 2.59. The SMILES string of the molecule is c1ccc(-c2ccc3cccc(-c4ccc5cc(N(c6ccc(-c7cccc8ccccc78)cc6)c6cccc7c6sc6ccccc67)ccc5c4)c3c2)cc1. The van der Waals surface area contributed by atoms with Crippen molar-refractivity contribution in [1.29, 1.82) is 0 Å². The van der Waals surface area contributed by atoms with Crippen LogP contribution in [0.5, 0.6) is 0 Å². The molecule has 1 aromatic heterocycles. The molecule has 262 valence electrons. The average molecular weight is 730 g/mol. The van der Waals surface area contributed by atoms with Gasteiger partial charge in [-0.1, -0.05) is 164 Å². The third-order valence-corrected chi connectivity index (χ3v) is 12.4. The molecule has 0 fully saturated rings. The fourth-order valence-electron chi connectivity index (χ4n) is 8.48. The number of anilines is 3. The first-order valence-electron chi connectivity index (χ1n) is 19.2. The molecule has 0 N–H and O–H groups in total. The van der Waals surface area contributed by atoms with Gasteiger partial charge in [0.1, 0.15) is 0 Å². The van der Waals surface area contributed by atoms with Gasteiger partial charge >= 0.3 is 0 Å². The molecule has 1 heterocycles. The number of rotatable bonds is 6. The van der Waals surface area contributed by atoms with E-state index in [1.807, 2.05) is 11.3 Å². The van der Waals surface area contributed by atoms with Gasteiger partial charge in [-0.3, -0.25) is 0 Å². The van der Waals surface area contributed by atoms with Crippen molar-refractivity contribution in [3.63, 3.8) is 0 Å². The van der Waals surface area contributed by atoms with Gasteiger partial charge in [-0.15, -0.1) is 11.3 Å². The van der Waals surface area contributed by atoms with Crippen molar-refractivity contribution in [1.82, 2.24) is 0 Å². The van der Waals surface area contributed by atoms with E-state index in [4.69, 9.17) is 0 Å². The molecule has 0 saturated carbocycles. The summed E-state index contributed by atoms with van der Waals surface area (Å²) in [6.07, 6.45) is 0. The normalized spacial score (nSPS) is 11.6. The summed E-state index contributed by atoms with van der Waals surface area (Å²) >= 11 is 1.87. The molecule has 0 atom stereocenters. The number of nitrogens with zero attached hydrogens (tertiary/aromatic N) is 1. The zero-order valence-electron chi connectivity index (χ0n) is 30.6. The molecule has 10 aromatic carbocycles. The maximum absolute atomic E-state index is 2.44. The molecule has 0 aliphatic carbocycles. The predicted octanol–water partition coefficient (Wildman–Crippen LogP) is 16.0. The van der Waals surface area contributed by atoms with Gasteiger partial charge in [0.05, 0.1) is 10.4 Å². The molecule has 1 nitrogen and oxygen atoms in total. The van der Waals surface area contributed by atoms with Crippen molar-refractivity contribution in [2.45, 2.75) is 0 Å². The van der Waals surface area contributed by atoms with E-state index in [1.54, 1.807) is 0 Å². The lowest BCUT2D eigenvalue weighted by Gasteiger charge is -2.27. The van der Waals surface area contributed by atoms with Crippen LogP contribution >= 0.6 is 11.3 Å². The number of hydrogen-bond acceptors (Lipinski definition) is 2. The molecule has 0 aliphatic heterocycles. The second-order valence-electron chi connectivity index (χ2n) is 14.5. The standard InChI is InChI=1S/C54H35NS/c1-2-11-36(12-3-1)42-24-23-38-15-9-19-48(51(38)35-42)43-26-25-41-34-45(32-29-40(41)33-43)55(52-21-10-20-50-49-17-6-7-22-53(49)56-54(50)52)44-30-27-39(28-31-44)47-18-8-14-37-13-4-5-16-46(37)47/h1-35H. The van der Waals surface area contributed by atoms with Crippen molar-refractivity contribution < 1.29 is 0 Å². The molecule has 0 spiro atoms. The molecule has 0 saturated heterocycles. The molecule has 2 heteroatoms. The fourth-order valence-corrected chi connectivity index (χ4v) is 9.68. The summed E-state index contributed by atoms with van der Waals surface area (Å²) in [4.78, 5) is 2.44. The van der Waals surface area contributed by atoms with Crippen molar-refractivity contribution >= 4 is 80.9 Å². The van der Waals surface area contributed by atoms with E-state index < -0.39 is 0 Å². The first kappa shape index (κ1) is 32.4. The van der Waals surface area contributed by atoms with E-state index in [0.717, 1.165) is 11.4 Å². The zero-order chi connectivity index (χ0) is 37.0. The van der Waals surface area contributed by atoms with Gasteiger partial charge in [0.15, 0.2) is 0 Å². The van der Waals surface area contributed by atoms with Gasteiger partial charge in [-0.25, -0.2) is 0 Å². The molecule has 11 rings (SSSR count). The van der Waals surface area contributed by atoms with E-state index in [-0.39, 0.29) is 0 Å². The minimum atomic E-state index is 1.12. The molecular formula is C54H35NS. The molecule has 0 amide bonds. The van der Waals surface area contributed by atoms with Crippen molar-refractivity contribution in [3.05, 3.63) is 212 Å². The van der Waals surface area contributed by atoms with E-state index in [1.165, 1.54) is 91.6 Å². The Balaban J connectivity index is 1.04. The average Bonchev–Trinajstić information content (AvgIpc) is 3.66. The number of thiophene rings is 1. The lowest BCUT2D eigenvalue weighted by molar-refractivity contribution is 1.31. The first-order valence-corrected chi connectivity index (χ1v) is 20.0. The summed E-state index contributed by atoms with van der Waals surface area (Å²) in [7, 11) is 0. The second kappa shape index (κ2) is 13.4. The monoisotopic (exact) mass is 729 g/mol. The molecule has 0 aliphatic rings. The van der Waals surface area contributed by atoms with Crippen LogP contribution in [0.1, 0.15) is 0 Å². The van der Waals surface area contributed by atoms with Gasteiger partial charge in [0, 0.05) is 26.8 Å². The summed E-state index contributed by atoms with van der Waals surface area (Å²) in [5.74, 6) is 0. The summed E-state index contributed by atoms with van der Waals surface area (Å²) in [6.45, 7) is 0. The Morgan fingerprint density at radius 2 is 0.893 bits per heavy atom. The summed E-state index contributed by atoms with van der Waals surface area (Å²) in [5.41, 5.74) is 10.8. The van der Waals surface area contributed by atoms with Crippen LogP contribution in [0.15, 0.2) is 212 Å². The topological polar surface area (TPSA) is 3.24 Å². The van der Waals surface area contributed by atoms with Gasteiger partial charge in [-0.05, 0) is 114 Å². The number of hydrogen-bond donors (Lipinski definition) is 0. The molecule has 0 radical (unpaired) electrons. The minimum absolute atomic E-state index is 1.12. The van der Waals surface area contributed by atoms with Gasteiger partial charge in [0.25, 0.3) is 0 Å². The molecule has 11 aromatic rings. The third-order valence-electron chi connectivity index (χ3n) is 11.2. The van der Waals surface area contributed by atoms with Crippen LogP contribution in [0.4, 0.5) is 17.1 Å². The predicted molar refractivity (Wildman–Crippen MR) is 243 cm³/mol. The Hall–Kier alpha value is -7.00. The van der Waals surface area contributed by atoms with Crippen LogP contribution in [0.3, 0.4) is 0 Å². The fraction of sp³-hybridized carbons (Fsp3) is 0. The Morgan fingerprint density at radius 3 is 1.75 bits per heavy atom. The van der Waals surface area contributed by atoms with Gasteiger partial charge < -0.3 is 4.90 Å². The molecule has 0 unspecified atom stereocenters. The maximum Gasteiger partial charge on any atom is 0.0640 e. The van der Waals surface area contributed by atoms with Crippen molar-refractivity contribution in [2.24, 2.45) is 0 Å². The highest BCUT2D eigenvalue weighted by Gasteiger charge is 2.19. The highest BCUT2D eigenvalue weighted by Crippen LogP contribution is 2.46. The highest BCUT2D eigenvalue weighted by molar-refractivity contribution is 7.26. The maximum atomic E-state index is 2.44. The lowest BCUT2D eigenvalue weighted by atomic mass is 9.93. The Morgan fingerprint density at radius 1 is 0.304 bits per heavy atom. The zero-order valence-corrected chi connectivity index (χ0v) is 31.4. The van der Waals surface area contributed by atoms with E-state index in [9.17, 15) is 0 Å². The third kappa shape index (κ3) is 5.54. The minimum Gasteiger partial charge on any atom is -0.309 e. The molecule has 56 heavy (non-hydrogen) atoms. The smallest absolute Gasteiger partial charge is 0.0640 e. The Kier molecular flexibility index (Phi) is 7.75. The van der Waals surface area contributed by atoms with E-state index >= 15 is 0 Å². The Labute approximate surface area is 330 Å². The van der Waals surface area contributed by atoms with Gasteiger partial charge in [-0.2, -0.15) is 0 Å². The van der Waals surface area contributed by atoms with Crippen LogP contribution in [0.2, 0.25) is 0 Å². The summed E-state index contributed by atoms with van der Waals surface area (Å²) in [6, 6.07) is 77.7. The van der Waals surface area contributed by atoms with E-state index in [2.05, 4.69) is 217 Å².